The van der Waals surface area contributed by atoms with Crippen LogP contribution in [0.2, 0.25) is 0 Å². The monoisotopic (exact) mass is 523 g/mol. The summed E-state index contributed by atoms with van der Waals surface area (Å²) < 4.78 is 2.36. The predicted octanol–water partition coefficient (Wildman–Crippen LogP) is 9.73. The van der Waals surface area contributed by atoms with Gasteiger partial charge >= 0.3 is 0 Å². The number of hydrogen-bond acceptors (Lipinski definition) is 2. The van der Waals surface area contributed by atoms with E-state index in [4.69, 9.17) is 9.97 Å². The van der Waals surface area contributed by atoms with Crippen LogP contribution in [0.4, 0.5) is 0 Å². The Hall–Kier alpha value is -5.54. The van der Waals surface area contributed by atoms with Crippen LogP contribution in [0.5, 0.6) is 0 Å². The summed E-state index contributed by atoms with van der Waals surface area (Å²) in [6.07, 6.45) is 0. The molecule has 0 aliphatic carbocycles. The molecule has 192 valence electrons. The molecule has 8 aromatic rings. The van der Waals surface area contributed by atoms with Gasteiger partial charge in [-0.3, -0.25) is 0 Å². The largest absolute Gasteiger partial charge is 0.309 e. The fourth-order valence-corrected chi connectivity index (χ4v) is 5.87. The molecule has 0 saturated carbocycles. The Bertz CT molecular complexity index is 2120. The van der Waals surface area contributed by atoms with Crippen LogP contribution in [-0.2, 0) is 0 Å². The molecule has 2 aromatic heterocycles. The third kappa shape index (κ3) is 3.98. The Labute approximate surface area is 238 Å². The third-order valence-corrected chi connectivity index (χ3v) is 7.79. The molecule has 0 spiro atoms. The van der Waals surface area contributed by atoms with E-state index in [1.54, 1.807) is 0 Å². The third-order valence-electron chi connectivity index (χ3n) is 7.79. The van der Waals surface area contributed by atoms with E-state index >= 15 is 0 Å². The van der Waals surface area contributed by atoms with Gasteiger partial charge in [-0.05, 0) is 53.2 Å². The minimum atomic E-state index is 0.716. The van der Waals surface area contributed by atoms with Crippen molar-refractivity contribution in [1.29, 1.82) is 0 Å². The summed E-state index contributed by atoms with van der Waals surface area (Å²) in [6, 6.07) is 53.1. The van der Waals surface area contributed by atoms with Crippen LogP contribution in [0, 0.1) is 0 Å². The first-order valence-corrected chi connectivity index (χ1v) is 13.9. The molecule has 3 nitrogen and oxygen atoms in total. The smallest absolute Gasteiger partial charge is 0.160 e. The molecular formula is C38H25N3. The van der Waals surface area contributed by atoms with Gasteiger partial charge in [-0.1, -0.05) is 109 Å². The quantitative estimate of drug-likeness (QED) is 0.230. The van der Waals surface area contributed by atoms with Crippen LogP contribution in [0.3, 0.4) is 0 Å². The van der Waals surface area contributed by atoms with Crippen molar-refractivity contribution in [2.75, 3.05) is 0 Å². The highest BCUT2D eigenvalue weighted by Gasteiger charge is 2.17. The first kappa shape index (κ1) is 23.4. The molecule has 0 bridgehead atoms. The zero-order chi connectivity index (χ0) is 27.2. The lowest BCUT2D eigenvalue weighted by Crippen LogP contribution is -1.96. The first-order chi connectivity index (χ1) is 20.3. The van der Waals surface area contributed by atoms with Crippen molar-refractivity contribution in [1.82, 2.24) is 14.5 Å². The van der Waals surface area contributed by atoms with Gasteiger partial charge in [0.2, 0.25) is 0 Å². The maximum absolute atomic E-state index is 5.10. The molecule has 0 aliphatic rings. The summed E-state index contributed by atoms with van der Waals surface area (Å²) >= 11 is 0. The molecule has 41 heavy (non-hydrogen) atoms. The summed E-state index contributed by atoms with van der Waals surface area (Å²) in [6.45, 7) is 0. The van der Waals surface area contributed by atoms with Gasteiger partial charge in [0.25, 0.3) is 0 Å². The van der Waals surface area contributed by atoms with E-state index in [-0.39, 0.29) is 0 Å². The van der Waals surface area contributed by atoms with Gasteiger partial charge in [-0.25, -0.2) is 9.97 Å². The van der Waals surface area contributed by atoms with Crippen LogP contribution < -0.4 is 0 Å². The number of nitrogens with zero attached hydrogens (tertiary/aromatic N) is 3. The Morgan fingerprint density at radius 1 is 0.415 bits per heavy atom. The predicted molar refractivity (Wildman–Crippen MR) is 170 cm³/mol. The Morgan fingerprint density at radius 3 is 1.68 bits per heavy atom. The van der Waals surface area contributed by atoms with Crippen molar-refractivity contribution in [3.63, 3.8) is 0 Å². The lowest BCUT2D eigenvalue weighted by Gasteiger charge is -2.10. The van der Waals surface area contributed by atoms with Gasteiger partial charge in [0.1, 0.15) is 0 Å². The highest BCUT2D eigenvalue weighted by atomic mass is 15.0. The van der Waals surface area contributed by atoms with E-state index in [0.29, 0.717) is 5.82 Å². The number of hydrogen-bond donors (Lipinski definition) is 0. The second-order valence-electron chi connectivity index (χ2n) is 10.3. The van der Waals surface area contributed by atoms with Crippen LogP contribution in [0.15, 0.2) is 152 Å². The summed E-state index contributed by atoms with van der Waals surface area (Å²) in [4.78, 5) is 10.2. The molecule has 0 fully saturated rings. The topological polar surface area (TPSA) is 30.7 Å². The van der Waals surface area contributed by atoms with Crippen molar-refractivity contribution in [3.05, 3.63) is 152 Å². The van der Waals surface area contributed by atoms with Crippen molar-refractivity contribution >= 4 is 32.6 Å². The molecule has 0 saturated heterocycles. The molecule has 6 aromatic carbocycles. The van der Waals surface area contributed by atoms with Gasteiger partial charge in [-0.2, -0.15) is 0 Å². The van der Waals surface area contributed by atoms with Crippen LogP contribution in [0.1, 0.15) is 0 Å². The molecule has 0 radical (unpaired) electrons. The van der Waals surface area contributed by atoms with E-state index in [2.05, 4.69) is 144 Å². The number of rotatable bonds is 4. The minimum absolute atomic E-state index is 0.716. The Kier molecular flexibility index (Phi) is 5.46. The van der Waals surface area contributed by atoms with Crippen LogP contribution in [-0.4, -0.2) is 14.5 Å². The molecule has 0 amide bonds. The Balaban J connectivity index is 1.42. The lowest BCUT2D eigenvalue weighted by molar-refractivity contribution is 1.17. The van der Waals surface area contributed by atoms with Gasteiger partial charge in [0.15, 0.2) is 5.82 Å². The fraction of sp³-hybridized carbons (Fsp3) is 0. The van der Waals surface area contributed by atoms with Crippen LogP contribution in [0.25, 0.3) is 72.2 Å². The van der Waals surface area contributed by atoms with Gasteiger partial charge < -0.3 is 4.57 Å². The lowest BCUT2D eigenvalue weighted by atomic mass is 10.0. The molecule has 0 N–H and O–H groups in total. The molecular weight excluding hydrogens is 498 g/mol. The maximum atomic E-state index is 5.10. The molecule has 3 heteroatoms. The van der Waals surface area contributed by atoms with Gasteiger partial charge in [0.05, 0.1) is 22.4 Å². The van der Waals surface area contributed by atoms with E-state index in [1.165, 1.54) is 27.1 Å². The Morgan fingerprint density at radius 2 is 1.00 bits per heavy atom. The summed E-state index contributed by atoms with van der Waals surface area (Å²) in [5.74, 6) is 0.716. The number of aromatic nitrogens is 3. The summed E-state index contributed by atoms with van der Waals surface area (Å²) in [7, 11) is 0. The number of fused-ring (bicyclic) bond motifs is 5. The standard InChI is InChI=1S/C38H25N3/c1-4-13-27(14-5-1)33-25-34(28-15-6-2-7-16-28)40-38(39-33)29-21-22-35-32(24-29)37-31-19-11-10-12-26(31)20-23-36(37)41(35)30-17-8-3-9-18-30/h1-25H. The SMILES string of the molecule is c1ccc(-c2cc(-c3ccccc3)nc(-c3ccc4c(c3)c3c5ccccc5ccc3n4-c3ccccc3)n2)cc1. The highest BCUT2D eigenvalue weighted by molar-refractivity contribution is 6.21. The summed E-state index contributed by atoms with van der Waals surface area (Å²) in [5.41, 5.74) is 8.44. The van der Waals surface area contributed by atoms with Crippen molar-refractivity contribution in [2.45, 2.75) is 0 Å². The first-order valence-electron chi connectivity index (χ1n) is 13.9. The van der Waals surface area contributed by atoms with Crippen molar-refractivity contribution in [3.8, 4) is 39.6 Å². The normalized spacial score (nSPS) is 11.4. The number of benzene rings is 6. The van der Waals surface area contributed by atoms with Crippen molar-refractivity contribution < 1.29 is 0 Å². The molecule has 0 aliphatic heterocycles. The molecule has 8 rings (SSSR count). The van der Waals surface area contributed by atoms with E-state index in [9.17, 15) is 0 Å². The van der Waals surface area contributed by atoms with E-state index < -0.39 is 0 Å². The van der Waals surface area contributed by atoms with E-state index in [1.807, 2.05) is 12.1 Å². The average molecular weight is 524 g/mol. The van der Waals surface area contributed by atoms with E-state index in [0.717, 1.165) is 39.3 Å². The minimum Gasteiger partial charge on any atom is -0.309 e. The maximum Gasteiger partial charge on any atom is 0.160 e. The van der Waals surface area contributed by atoms with Crippen molar-refractivity contribution in [2.24, 2.45) is 0 Å². The van der Waals surface area contributed by atoms with Gasteiger partial charge in [-0.15, -0.1) is 0 Å². The fourth-order valence-electron chi connectivity index (χ4n) is 5.87. The average Bonchev–Trinajstić information content (AvgIpc) is 3.40. The molecule has 2 heterocycles. The zero-order valence-corrected chi connectivity index (χ0v) is 22.3. The second kappa shape index (κ2) is 9.58. The second-order valence-corrected chi connectivity index (χ2v) is 10.3. The van der Waals surface area contributed by atoms with Gasteiger partial charge in [0, 0.05) is 33.2 Å². The number of para-hydroxylation sites is 1. The zero-order valence-electron chi connectivity index (χ0n) is 22.3. The molecule has 0 atom stereocenters. The highest BCUT2D eigenvalue weighted by Crippen LogP contribution is 2.38. The summed E-state index contributed by atoms with van der Waals surface area (Å²) in [5, 5.41) is 4.90. The molecule has 0 unspecified atom stereocenters. The van der Waals surface area contributed by atoms with Crippen LogP contribution >= 0.6 is 0 Å².